The molecule has 0 atom stereocenters. The highest BCUT2D eigenvalue weighted by atomic mass is 32.1. The summed E-state index contributed by atoms with van der Waals surface area (Å²) in [6, 6.07) is 68.6. The van der Waals surface area contributed by atoms with E-state index >= 15 is 0 Å². The van der Waals surface area contributed by atoms with Crippen molar-refractivity contribution in [2.75, 3.05) is 0 Å². The van der Waals surface area contributed by atoms with Gasteiger partial charge in [0, 0.05) is 48.6 Å². The predicted octanol–water partition coefficient (Wildman–Crippen LogP) is 13.7. The Morgan fingerprint density at radius 2 is 0.821 bits per heavy atom. The number of rotatable bonds is 6. The van der Waals surface area contributed by atoms with Crippen LogP contribution in [0.25, 0.3) is 104 Å². The van der Waals surface area contributed by atoms with Crippen molar-refractivity contribution in [2.45, 2.75) is 0 Å². The van der Waals surface area contributed by atoms with Crippen molar-refractivity contribution in [3.8, 4) is 62.1 Å². The Morgan fingerprint density at radius 3 is 1.43 bits per heavy atom. The predicted molar refractivity (Wildman–Crippen MR) is 234 cm³/mol. The van der Waals surface area contributed by atoms with Crippen molar-refractivity contribution in [1.82, 2.24) is 19.5 Å². The molecule has 0 bridgehead atoms. The molecule has 11 aromatic rings. The number of hydrogen-bond acceptors (Lipinski definition) is 4. The van der Waals surface area contributed by atoms with E-state index in [1.807, 2.05) is 47.7 Å². The van der Waals surface area contributed by atoms with Gasteiger partial charge in [0.1, 0.15) is 0 Å². The van der Waals surface area contributed by atoms with Gasteiger partial charge < -0.3 is 4.57 Å². The first-order valence-corrected chi connectivity index (χ1v) is 19.6. The fraction of sp³-hybridized carbons (Fsp3) is 0. The van der Waals surface area contributed by atoms with Gasteiger partial charge in [-0.3, -0.25) is 0 Å². The molecule has 3 aromatic heterocycles. The third kappa shape index (κ3) is 5.40. The first kappa shape index (κ1) is 32.2. The SMILES string of the molecule is c1ccc(-c2cc(-c3ccccc3)cc(-n3c4ccccc4c4ccc5c6cccc(-c7nc(-c8ccccc8)nc(-c8ccccc8)n7)c6sc5c43)c2)cc1. The summed E-state index contributed by atoms with van der Waals surface area (Å²) in [7, 11) is 0. The lowest BCUT2D eigenvalue weighted by atomic mass is 9.98. The zero-order chi connectivity index (χ0) is 37.0. The fourth-order valence-electron chi connectivity index (χ4n) is 8.01. The molecule has 3 heterocycles. The van der Waals surface area contributed by atoms with E-state index in [0.717, 1.165) is 27.1 Å². The van der Waals surface area contributed by atoms with Gasteiger partial charge in [-0.1, -0.05) is 164 Å². The summed E-state index contributed by atoms with van der Waals surface area (Å²) in [6.45, 7) is 0. The minimum atomic E-state index is 0.655. The van der Waals surface area contributed by atoms with E-state index in [2.05, 4.69) is 162 Å². The van der Waals surface area contributed by atoms with Crippen molar-refractivity contribution in [2.24, 2.45) is 0 Å². The van der Waals surface area contributed by atoms with Crippen LogP contribution in [0.3, 0.4) is 0 Å². The molecule has 0 fully saturated rings. The van der Waals surface area contributed by atoms with E-state index in [-0.39, 0.29) is 0 Å². The number of para-hydroxylation sites is 1. The highest BCUT2D eigenvalue weighted by Crippen LogP contribution is 2.46. The van der Waals surface area contributed by atoms with Crippen LogP contribution >= 0.6 is 11.3 Å². The molecule has 0 spiro atoms. The zero-order valence-corrected chi connectivity index (χ0v) is 31.0. The molecule has 4 nitrogen and oxygen atoms in total. The lowest BCUT2D eigenvalue weighted by Gasteiger charge is -2.14. The normalized spacial score (nSPS) is 11.6. The van der Waals surface area contributed by atoms with E-state index in [9.17, 15) is 0 Å². The van der Waals surface area contributed by atoms with E-state index in [1.54, 1.807) is 0 Å². The Kier molecular flexibility index (Phi) is 7.64. The van der Waals surface area contributed by atoms with Crippen LogP contribution in [0, 0.1) is 0 Å². The van der Waals surface area contributed by atoms with Crippen LogP contribution in [0.2, 0.25) is 0 Å². The van der Waals surface area contributed by atoms with Crippen molar-refractivity contribution < 1.29 is 0 Å². The number of thiophene rings is 1. The second-order valence-corrected chi connectivity index (χ2v) is 15.0. The summed E-state index contributed by atoms with van der Waals surface area (Å²) in [5.41, 5.74) is 11.1. The molecule has 0 aliphatic heterocycles. The molecule has 262 valence electrons. The van der Waals surface area contributed by atoms with Crippen molar-refractivity contribution in [3.63, 3.8) is 0 Å². The molecule has 0 amide bonds. The summed E-state index contributed by atoms with van der Waals surface area (Å²) < 4.78 is 4.86. The number of hydrogen-bond donors (Lipinski definition) is 0. The maximum atomic E-state index is 5.14. The Hall–Kier alpha value is -7.21. The van der Waals surface area contributed by atoms with Gasteiger partial charge in [0.05, 0.1) is 15.7 Å². The number of fused-ring (bicyclic) bond motifs is 7. The fourth-order valence-corrected chi connectivity index (χ4v) is 9.36. The highest BCUT2D eigenvalue weighted by molar-refractivity contribution is 7.27. The van der Waals surface area contributed by atoms with Crippen LogP contribution in [-0.4, -0.2) is 19.5 Å². The molecule has 11 rings (SSSR count). The van der Waals surface area contributed by atoms with Gasteiger partial charge >= 0.3 is 0 Å². The summed E-state index contributed by atoms with van der Waals surface area (Å²) in [6.07, 6.45) is 0. The Morgan fingerprint density at radius 1 is 0.339 bits per heavy atom. The van der Waals surface area contributed by atoms with E-state index < -0.39 is 0 Å². The Labute approximate surface area is 327 Å². The van der Waals surface area contributed by atoms with Crippen LogP contribution in [0.4, 0.5) is 0 Å². The van der Waals surface area contributed by atoms with Gasteiger partial charge in [-0.05, 0) is 52.6 Å². The first-order valence-electron chi connectivity index (χ1n) is 18.8. The van der Waals surface area contributed by atoms with Gasteiger partial charge in [0.2, 0.25) is 0 Å². The molecule has 0 aliphatic carbocycles. The van der Waals surface area contributed by atoms with Crippen LogP contribution < -0.4 is 0 Å². The van der Waals surface area contributed by atoms with E-state index in [4.69, 9.17) is 15.0 Å². The van der Waals surface area contributed by atoms with E-state index in [0.29, 0.717) is 17.5 Å². The summed E-state index contributed by atoms with van der Waals surface area (Å²) >= 11 is 1.82. The molecule has 5 heteroatoms. The van der Waals surface area contributed by atoms with Gasteiger partial charge in [-0.15, -0.1) is 11.3 Å². The van der Waals surface area contributed by atoms with Gasteiger partial charge in [-0.2, -0.15) is 0 Å². The average Bonchev–Trinajstić information content (AvgIpc) is 3.84. The molecule has 0 N–H and O–H groups in total. The molecular formula is C51H32N4S. The Bertz CT molecular complexity index is 3110. The molecule has 56 heavy (non-hydrogen) atoms. The molecule has 0 aliphatic rings. The number of nitrogens with zero attached hydrogens (tertiary/aromatic N) is 4. The molecule has 0 unspecified atom stereocenters. The lowest BCUT2D eigenvalue weighted by Crippen LogP contribution is -2.00. The molecule has 8 aromatic carbocycles. The largest absolute Gasteiger partial charge is 0.308 e. The summed E-state index contributed by atoms with van der Waals surface area (Å²) in [4.78, 5) is 15.2. The van der Waals surface area contributed by atoms with Crippen LogP contribution in [0.5, 0.6) is 0 Å². The lowest BCUT2D eigenvalue weighted by molar-refractivity contribution is 1.08. The number of aromatic nitrogens is 4. The van der Waals surface area contributed by atoms with Crippen molar-refractivity contribution in [3.05, 3.63) is 194 Å². The summed E-state index contributed by atoms with van der Waals surface area (Å²) in [5.74, 6) is 1.97. The van der Waals surface area contributed by atoms with Crippen molar-refractivity contribution >= 4 is 53.3 Å². The third-order valence-electron chi connectivity index (χ3n) is 10.6. The first-order chi connectivity index (χ1) is 27.8. The second kappa shape index (κ2) is 13.3. The Balaban J connectivity index is 1.19. The topological polar surface area (TPSA) is 43.6 Å². The third-order valence-corrected chi connectivity index (χ3v) is 11.9. The monoisotopic (exact) mass is 732 g/mol. The zero-order valence-electron chi connectivity index (χ0n) is 30.2. The van der Waals surface area contributed by atoms with E-state index in [1.165, 1.54) is 59.5 Å². The smallest absolute Gasteiger partial charge is 0.165 e. The molecule has 0 radical (unpaired) electrons. The standard InChI is InChI=1S/C51H32N4S/c1-5-16-33(17-6-1)37-30-38(34-18-7-2-8-19-34)32-39(31-37)55-45-27-14-13-24-40(45)41-28-29-43-42-25-15-26-44(47(42)56-48(43)46(41)55)51-53-49(35-20-9-3-10-21-35)52-50(54-51)36-22-11-4-12-23-36/h1-32H. The molecule has 0 saturated carbocycles. The minimum Gasteiger partial charge on any atom is -0.308 e. The average molecular weight is 733 g/mol. The van der Waals surface area contributed by atoms with Crippen LogP contribution in [0.15, 0.2) is 194 Å². The molecule has 0 saturated heterocycles. The summed E-state index contributed by atoms with van der Waals surface area (Å²) in [5, 5.41) is 4.86. The second-order valence-electron chi connectivity index (χ2n) is 14.0. The quantitative estimate of drug-likeness (QED) is 0.171. The maximum Gasteiger partial charge on any atom is 0.165 e. The molecular weight excluding hydrogens is 701 g/mol. The minimum absolute atomic E-state index is 0.655. The maximum absolute atomic E-state index is 5.14. The van der Waals surface area contributed by atoms with Crippen molar-refractivity contribution in [1.29, 1.82) is 0 Å². The van der Waals surface area contributed by atoms with Gasteiger partial charge in [0.25, 0.3) is 0 Å². The van der Waals surface area contributed by atoms with Gasteiger partial charge in [-0.25, -0.2) is 15.0 Å². The van der Waals surface area contributed by atoms with Crippen LogP contribution in [-0.2, 0) is 0 Å². The van der Waals surface area contributed by atoms with Gasteiger partial charge in [0.15, 0.2) is 17.5 Å². The number of benzene rings is 8. The van der Waals surface area contributed by atoms with Crippen LogP contribution in [0.1, 0.15) is 0 Å². The highest BCUT2D eigenvalue weighted by Gasteiger charge is 2.21.